The Morgan fingerprint density at radius 2 is 0.902 bits per heavy atom. The second-order valence-electron chi connectivity index (χ2n) is 10.9. The summed E-state index contributed by atoms with van der Waals surface area (Å²) in [6.45, 7) is 0. The van der Waals surface area contributed by atoms with E-state index in [0.29, 0.717) is 0 Å². The minimum absolute atomic E-state index is 1.24. The van der Waals surface area contributed by atoms with Gasteiger partial charge in [0.15, 0.2) is 0 Å². The van der Waals surface area contributed by atoms with Crippen molar-refractivity contribution in [3.63, 3.8) is 0 Å². The van der Waals surface area contributed by atoms with Gasteiger partial charge in [-0.15, -0.1) is 11.3 Å². The number of fused-ring (bicyclic) bond motifs is 11. The van der Waals surface area contributed by atoms with Crippen LogP contribution in [0, 0.1) is 0 Å². The van der Waals surface area contributed by atoms with Crippen molar-refractivity contribution in [2.75, 3.05) is 0 Å². The number of benzene rings is 8. The summed E-state index contributed by atoms with van der Waals surface area (Å²) in [6, 6.07) is 53.6. The zero-order chi connectivity index (χ0) is 26.9. The molecule has 0 aliphatic rings. The van der Waals surface area contributed by atoms with E-state index in [2.05, 4.69) is 146 Å². The smallest absolute Gasteiger partial charge is 0.0434 e. The molecule has 9 aromatic rings. The van der Waals surface area contributed by atoms with Crippen LogP contribution in [-0.2, 0) is 0 Å². The molecule has 1 heterocycles. The van der Waals surface area contributed by atoms with Crippen LogP contribution in [0.1, 0.15) is 0 Å². The molecule has 41 heavy (non-hydrogen) atoms. The van der Waals surface area contributed by atoms with Crippen molar-refractivity contribution in [1.29, 1.82) is 0 Å². The summed E-state index contributed by atoms with van der Waals surface area (Å²) in [5.74, 6) is 0. The Morgan fingerprint density at radius 3 is 1.63 bits per heavy atom. The molecule has 0 bridgehead atoms. The third kappa shape index (κ3) is 3.40. The van der Waals surface area contributed by atoms with E-state index >= 15 is 0 Å². The zero-order valence-corrected chi connectivity index (χ0v) is 23.1. The van der Waals surface area contributed by atoms with Gasteiger partial charge < -0.3 is 0 Å². The molecule has 0 radical (unpaired) electrons. The predicted molar refractivity (Wildman–Crippen MR) is 180 cm³/mol. The summed E-state index contributed by atoms with van der Waals surface area (Å²) in [5, 5.41) is 13.2. The fourth-order valence-electron chi connectivity index (χ4n) is 6.72. The highest BCUT2D eigenvalue weighted by molar-refractivity contribution is 7.26. The lowest BCUT2D eigenvalue weighted by Gasteiger charge is -2.12. The summed E-state index contributed by atoms with van der Waals surface area (Å²) < 4.78 is 2.70. The van der Waals surface area contributed by atoms with E-state index in [1.165, 1.54) is 85.5 Å². The van der Waals surface area contributed by atoms with Crippen LogP contribution in [0.3, 0.4) is 0 Å². The van der Waals surface area contributed by atoms with Gasteiger partial charge in [0.2, 0.25) is 0 Å². The molecule has 0 spiro atoms. The fourth-order valence-corrected chi connectivity index (χ4v) is 7.98. The van der Waals surface area contributed by atoms with Crippen LogP contribution in [0.4, 0.5) is 0 Å². The van der Waals surface area contributed by atoms with Crippen molar-refractivity contribution in [2.24, 2.45) is 0 Å². The van der Waals surface area contributed by atoms with Gasteiger partial charge in [0, 0.05) is 20.2 Å². The first kappa shape index (κ1) is 22.8. The average Bonchev–Trinajstić information content (AvgIpc) is 3.44. The molecule has 1 aromatic heterocycles. The summed E-state index contributed by atoms with van der Waals surface area (Å²) in [4.78, 5) is 0. The molecule has 190 valence electrons. The van der Waals surface area contributed by atoms with Crippen molar-refractivity contribution in [2.45, 2.75) is 0 Å². The number of rotatable bonds is 2. The molecule has 0 saturated heterocycles. The van der Waals surface area contributed by atoms with E-state index in [4.69, 9.17) is 0 Å². The Morgan fingerprint density at radius 1 is 0.341 bits per heavy atom. The second-order valence-corrected chi connectivity index (χ2v) is 11.9. The van der Waals surface area contributed by atoms with Gasteiger partial charge in [0.25, 0.3) is 0 Å². The van der Waals surface area contributed by atoms with Crippen LogP contribution in [0.2, 0.25) is 0 Å². The Balaban J connectivity index is 1.19. The van der Waals surface area contributed by atoms with Gasteiger partial charge in [-0.1, -0.05) is 133 Å². The normalized spacial score (nSPS) is 11.9. The molecule has 0 fully saturated rings. The number of hydrogen-bond acceptors (Lipinski definition) is 1. The molecule has 0 N–H and O–H groups in total. The van der Waals surface area contributed by atoms with Crippen molar-refractivity contribution in [3.05, 3.63) is 146 Å². The lowest BCUT2D eigenvalue weighted by Crippen LogP contribution is -1.85. The lowest BCUT2D eigenvalue weighted by atomic mass is 9.91. The molecule has 8 aromatic carbocycles. The highest BCUT2D eigenvalue weighted by Gasteiger charge is 2.14. The fraction of sp³-hybridized carbons (Fsp3) is 0. The zero-order valence-electron chi connectivity index (χ0n) is 22.3. The Labute approximate surface area is 241 Å². The van der Waals surface area contributed by atoms with Gasteiger partial charge in [-0.2, -0.15) is 0 Å². The molecule has 1 heteroatoms. The summed E-state index contributed by atoms with van der Waals surface area (Å²) in [7, 11) is 0. The average molecular weight is 537 g/mol. The van der Waals surface area contributed by atoms with Gasteiger partial charge >= 0.3 is 0 Å². The maximum Gasteiger partial charge on any atom is 0.0434 e. The van der Waals surface area contributed by atoms with E-state index in [0.717, 1.165) is 0 Å². The molecule has 0 amide bonds. The topological polar surface area (TPSA) is 0 Å². The van der Waals surface area contributed by atoms with Gasteiger partial charge in [0.05, 0.1) is 0 Å². The van der Waals surface area contributed by atoms with Crippen LogP contribution in [-0.4, -0.2) is 0 Å². The lowest BCUT2D eigenvalue weighted by molar-refractivity contribution is 1.63. The second kappa shape index (κ2) is 8.76. The molecule has 0 unspecified atom stereocenters. The monoisotopic (exact) mass is 536 g/mol. The maximum absolute atomic E-state index is 2.37. The molecular formula is C40H24S. The van der Waals surface area contributed by atoms with E-state index in [-0.39, 0.29) is 0 Å². The number of thiophene rings is 1. The first-order valence-electron chi connectivity index (χ1n) is 14.1. The van der Waals surface area contributed by atoms with Crippen molar-refractivity contribution in [3.8, 4) is 22.3 Å². The molecule has 0 atom stereocenters. The highest BCUT2D eigenvalue weighted by Crippen LogP contribution is 2.43. The minimum atomic E-state index is 1.24. The Bertz CT molecular complexity index is 2420. The summed E-state index contributed by atoms with van der Waals surface area (Å²) >= 11 is 1.90. The molecular weight excluding hydrogens is 513 g/mol. The van der Waals surface area contributed by atoms with E-state index in [1.807, 2.05) is 11.3 Å². The highest BCUT2D eigenvalue weighted by atomic mass is 32.1. The van der Waals surface area contributed by atoms with Gasteiger partial charge in [-0.05, 0) is 77.5 Å². The van der Waals surface area contributed by atoms with Crippen LogP contribution < -0.4 is 0 Å². The molecule has 0 nitrogen and oxygen atoms in total. The first-order chi connectivity index (χ1) is 20.3. The number of hydrogen-bond donors (Lipinski definition) is 0. The van der Waals surface area contributed by atoms with Gasteiger partial charge in [-0.25, -0.2) is 0 Å². The predicted octanol–water partition coefficient (Wildman–Crippen LogP) is 12.0. The first-order valence-corrected chi connectivity index (χ1v) is 14.9. The van der Waals surface area contributed by atoms with Gasteiger partial charge in [-0.3, -0.25) is 0 Å². The standard InChI is InChI=1S/C40H24S/c1-2-9-29-26(8-1)21-23-38-39(29)36-15-7-14-30(40(36)41-38)27-18-16-25(17-19-27)28-20-22-35-33-12-4-3-10-31(33)32-11-5-6-13-34(32)37(35)24-28/h1-24H. The largest absolute Gasteiger partial charge is 0.135 e. The van der Waals surface area contributed by atoms with E-state index in [1.54, 1.807) is 0 Å². The van der Waals surface area contributed by atoms with E-state index < -0.39 is 0 Å². The SMILES string of the molecule is c1ccc2c(c1)ccc1sc3c(-c4ccc(-c5ccc6c7ccccc7c7ccccc7c6c5)cc4)cccc3c12. The van der Waals surface area contributed by atoms with Crippen LogP contribution >= 0.6 is 11.3 Å². The van der Waals surface area contributed by atoms with Crippen LogP contribution in [0.25, 0.3) is 85.5 Å². The maximum atomic E-state index is 2.37. The Hall–Kier alpha value is -4.98. The van der Waals surface area contributed by atoms with Crippen LogP contribution in [0.15, 0.2) is 146 Å². The molecule has 0 aliphatic carbocycles. The van der Waals surface area contributed by atoms with E-state index in [9.17, 15) is 0 Å². The Kier molecular flexibility index (Phi) is 4.87. The summed E-state index contributed by atoms with van der Waals surface area (Å²) in [6.07, 6.45) is 0. The van der Waals surface area contributed by atoms with Crippen molar-refractivity contribution in [1.82, 2.24) is 0 Å². The van der Waals surface area contributed by atoms with Crippen LogP contribution in [0.5, 0.6) is 0 Å². The minimum Gasteiger partial charge on any atom is -0.135 e. The third-order valence-electron chi connectivity index (χ3n) is 8.66. The van der Waals surface area contributed by atoms with Crippen molar-refractivity contribution < 1.29 is 0 Å². The quantitative estimate of drug-likeness (QED) is 0.193. The molecule has 0 aliphatic heterocycles. The van der Waals surface area contributed by atoms with Crippen molar-refractivity contribution >= 4 is 74.6 Å². The third-order valence-corrected chi connectivity index (χ3v) is 9.86. The summed E-state index contributed by atoms with van der Waals surface area (Å²) in [5.41, 5.74) is 5.04. The molecule has 0 saturated carbocycles. The van der Waals surface area contributed by atoms with Gasteiger partial charge in [0.1, 0.15) is 0 Å². The molecule has 9 rings (SSSR count).